The maximum absolute atomic E-state index is 11.9. The number of carboxylic acids is 1. The van der Waals surface area contributed by atoms with Gasteiger partial charge in [-0.05, 0) is 12.8 Å². The van der Waals surface area contributed by atoms with Gasteiger partial charge in [0.2, 0.25) is 0 Å². The number of carbonyl (C=O) groups is 2. The molecule has 0 spiro atoms. The summed E-state index contributed by atoms with van der Waals surface area (Å²) in [6.07, 6.45) is 2.07. The molecule has 0 aromatic rings. The highest BCUT2D eigenvalue weighted by Crippen LogP contribution is 2.36. The van der Waals surface area contributed by atoms with Gasteiger partial charge in [0, 0.05) is 30.1 Å². The van der Waals surface area contributed by atoms with Gasteiger partial charge in [-0.25, -0.2) is 4.79 Å². The molecule has 2 amide bonds. The number of aliphatic carboxylic acids is 1. The molecular formula is C12H22N2O3S. The Morgan fingerprint density at radius 2 is 2.06 bits per heavy atom. The van der Waals surface area contributed by atoms with E-state index in [0.717, 1.165) is 31.7 Å². The van der Waals surface area contributed by atoms with E-state index in [2.05, 4.69) is 19.2 Å². The monoisotopic (exact) mass is 274 g/mol. The highest BCUT2D eigenvalue weighted by atomic mass is 32.2. The molecule has 104 valence electrons. The molecule has 6 heteroatoms. The Morgan fingerprint density at radius 1 is 1.39 bits per heavy atom. The first-order chi connectivity index (χ1) is 8.53. The van der Waals surface area contributed by atoms with Crippen molar-refractivity contribution in [1.82, 2.24) is 10.2 Å². The Hall–Kier alpha value is -0.910. The van der Waals surface area contributed by atoms with Crippen molar-refractivity contribution in [3.05, 3.63) is 0 Å². The van der Waals surface area contributed by atoms with E-state index in [4.69, 9.17) is 5.11 Å². The molecule has 0 radical (unpaired) electrons. The molecule has 1 aliphatic rings. The number of carbonyl (C=O) groups excluding carboxylic acids is 1. The molecule has 1 rings (SSSR count). The summed E-state index contributed by atoms with van der Waals surface area (Å²) in [7, 11) is 0. The van der Waals surface area contributed by atoms with E-state index in [1.54, 1.807) is 0 Å². The molecule has 1 heterocycles. The van der Waals surface area contributed by atoms with Gasteiger partial charge >= 0.3 is 12.0 Å². The summed E-state index contributed by atoms with van der Waals surface area (Å²) in [5, 5.41) is 11.2. The van der Waals surface area contributed by atoms with E-state index >= 15 is 0 Å². The largest absolute Gasteiger partial charge is 0.481 e. The molecule has 0 unspecified atom stereocenters. The lowest BCUT2D eigenvalue weighted by atomic mass is 10.0. The van der Waals surface area contributed by atoms with Crippen molar-refractivity contribution in [3.8, 4) is 0 Å². The van der Waals surface area contributed by atoms with Crippen LogP contribution in [0, 0.1) is 0 Å². The fraction of sp³-hybridized carbons (Fsp3) is 0.833. The number of rotatable bonds is 5. The first-order valence-corrected chi connectivity index (χ1v) is 7.40. The zero-order chi connectivity index (χ0) is 13.6. The van der Waals surface area contributed by atoms with Crippen LogP contribution in [-0.2, 0) is 4.79 Å². The van der Waals surface area contributed by atoms with E-state index in [9.17, 15) is 9.59 Å². The second-order valence-corrected chi connectivity index (χ2v) is 6.10. The highest BCUT2D eigenvalue weighted by Gasteiger charge is 2.34. The molecule has 1 fully saturated rings. The van der Waals surface area contributed by atoms with Crippen molar-refractivity contribution in [1.29, 1.82) is 0 Å². The minimum Gasteiger partial charge on any atom is -0.481 e. The normalized spacial score (nSPS) is 18.4. The van der Waals surface area contributed by atoms with Crippen LogP contribution in [-0.4, -0.2) is 52.1 Å². The van der Waals surface area contributed by atoms with E-state index in [1.807, 2.05) is 16.7 Å². The van der Waals surface area contributed by atoms with Crippen molar-refractivity contribution in [3.63, 3.8) is 0 Å². The maximum atomic E-state index is 11.9. The Kier molecular flexibility index (Phi) is 5.78. The van der Waals surface area contributed by atoms with E-state index in [-0.39, 0.29) is 23.7 Å². The lowest BCUT2D eigenvalue weighted by Crippen LogP contribution is -2.52. The van der Waals surface area contributed by atoms with Crippen molar-refractivity contribution < 1.29 is 14.7 Å². The number of urea groups is 1. The summed E-state index contributed by atoms with van der Waals surface area (Å²) in [6.45, 7) is 6.00. The van der Waals surface area contributed by atoms with E-state index in [0.29, 0.717) is 0 Å². The maximum Gasteiger partial charge on any atom is 0.317 e. The van der Waals surface area contributed by atoms with E-state index < -0.39 is 5.97 Å². The van der Waals surface area contributed by atoms with Crippen molar-refractivity contribution in [2.24, 2.45) is 0 Å². The van der Waals surface area contributed by atoms with Crippen LogP contribution in [0.2, 0.25) is 0 Å². The molecule has 0 atom stereocenters. The predicted molar refractivity (Wildman–Crippen MR) is 73.0 cm³/mol. The van der Waals surface area contributed by atoms with Crippen LogP contribution in [0.5, 0.6) is 0 Å². The lowest BCUT2D eigenvalue weighted by Gasteiger charge is -2.41. The molecule has 0 bridgehead atoms. The molecule has 0 aromatic carbocycles. The summed E-state index contributed by atoms with van der Waals surface area (Å²) < 4.78 is 0.169. The van der Waals surface area contributed by atoms with Crippen LogP contribution in [0.25, 0.3) is 0 Å². The second kappa shape index (κ2) is 6.87. The second-order valence-electron chi connectivity index (χ2n) is 4.54. The minimum absolute atomic E-state index is 0.0268. The summed E-state index contributed by atoms with van der Waals surface area (Å²) in [5.41, 5.74) is 0. The average molecular weight is 274 g/mol. The molecule has 0 aromatic heterocycles. The Bertz CT molecular complexity index is 306. The standard InChI is InChI=1S/C12H22N2O3S/c1-3-12(4-2)9-14(7-8-18-12)11(17)13-6-5-10(15)16/h3-9H2,1-2H3,(H,13,17)(H,15,16). The van der Waals surface area contributed by atoms with Crippen molar-refractivity contribution in [2.75, 3.05) is 25.4 Å². The topological polar surface area (TPSA) is 69.6 Å². The van der Waals surface area contributed by atoms with Crippen molar-refractivity contribution in [2.45, 2.75) is 37.9 Å². The van der Waals surface area contributed by atoms with Gasteiger partial charge in [0.15, 0.2) is 0 Å². The van der Waals surface area contributed by atoms with Gasteiger partial charge < -0.3 is 15.3 Å². The minimum atomic E-state index is -0.888. The molecule has 18 heavy (non-hydrogen) atoms. The van der Waals surface area contributed by atoms with Crippen LogP contribution < -0.4 is 5.32 Å². The molecule has 1 saturated heterocycles. The van der Waals surface area contributed by atoms with Crippen LogP contribution in [0.3, 0.4) is 0 Å². The van der Waals surface area contributed by atoms with Gasteiger partial charge in [-0.2, -0.15) is 11.8 Å². The number of amides is 2. The zero-order valence-electron chi connectivity index (χ0n) is 11.1. The SMILES string of the molecule is CCC1(CC)CN(C(=O)NCCC(=O)O)CCS1. The molecule has 0 saturated carbocycles. The molecule has 2 N–H and O–H groups in total. The number of thioether (sulfide) groups is 1. The number of nitrogens with one attached hydrogen (secondary N) is 1. The van der Waals surface area contributed by atoms with Gasteiger partial charge in [0.25, 0.3) is 0 Å². The van der Waals surface area contributed by atoms with Crippen LogP contribution in [0.4, 0.5) is 4.79 Å². The Balaban J connectivity index is 2.45. The third-order valence-electron chi connectivity index (χ3n) is 3.44. The van der Waals surface area contributed by atoms with Crippen LogP contribution in [0.1, 0.15) is 33.1 Å². The highest BCUT2D eigenvalue weighted by molar-refractivity contribution is 8.00. The Labute approximate surface area is 112 Å². The van der Waals surface area contributed by atoms with Crippen molar-refractivity contribution >= 4 is 23.8 Å². The third-order valence-corrected chi connectivity index (χ3v) is 5.14. The molecule has 1 aliphatic heterocycles. The van der Waals surface area contributed by atoms with Gasteiger partial charge in [-0.1, -0.05) is 13.8 Å². The van der Waals surface area contributed by atoms with Gasteiger partial charge in [-0.15, -0.1) is 0 Å². The fourth-order valence-corrected chi connectivity index (χ4v) is 3.48. The predicted octanol–water partition coefficient (Wildman–Crippen LogP) is 1.78. The molecular weight excluding hydrogens is 252 g/mol. The molecule has 0 aliphatic carbocycles. The number of nitrogens with zero attached hydrogens (tertiary/aromatic N) is 1. The lowest BCUT2D eigenvalue weighted by molar-refractivity contribution is -0.136. The van der Waals surface area contributed by atoms with Gasteiger partial charge in [0.05, 0.1) is 6.42 Å². The third kappa shape index (κ3) is 4.08. The fourth-order valence-electron chi connectivity index (χ4n) is 2.08. The Morgan fingerprint density at radius 3 is 2.61 bits per heavy atom. The molecule has 5 nitrogen and oxygen atoms in total. The van der Waals surface area contributed by atoms with Crippen LogP contribution in [0.15, 0.2) is 0 Å². The first kappa shape index (κ1) is 15.1. The summed E-state index contributed by atoms with van der Waals surface area (Å²) in [4.78, 5) is 24.1. The number of hydrogen-bond acceptors (Lipinski definition) is 3. The zero-order valence-corrected chi connectivity index (χ0v) is 11.9. The summed E-state index contributed by atoms with van der Waals surface area (Å²) in [6, 6.07) is -0.136. The first-order valence-electron chi connectivity index (χ1n) is 6.41. The van der Waals surface area contributed by atoms with E-state index in [1.165, 1.54) is 0 Å². The van der Waals surface area contributed by atoms with Crippen LogP contribution >= 0.6 is 11.8 Å². The number of carboxylic acid groups (broad SMARTS) is 1. The summed E-state index contributed by atoms with van der Waals surface area (Å²) in [5.74, 6) is 0.0644. The quantitative estimate of drug-likeness (QED) is 0.801. The van der Waals surface area contributed by atoms with Gasteiger partial charge in [0.1, 0.15) is 0 Å². The summed E-state index contributed by atoms with van der Waals surface area (Å²) >= 11 is 1.94. The van der Waals surface area contributed by atoms with Gasteiger partial charge in [-0.3, -0.25) is 4.79 Å². The number of hydrogen-bond donors (Lipinski definition) is 2. The smallest absolute Gasteiger partial charge is 0.317 e. The average Bonchev–Trinajstić information content (AvgIpc) is 2.38.